The van der Waals surface area contributed by atoms with Crippen molar-refractivity contribution in [3.63, 3.8) is 0 Å². The minimum Gasteiger partial charge on any atom is -0.457 e. The molecule has 4 rings (SSSR count). The summed E-state index contributed by atoms with van der Waals surface area (Å²) in [6.45, 7) is 1.50. The number of hydrogen-bond acceptors (Lipinski definition) is 5. The van der Waals surface area contributed by atoms with Crippen molar-refractivity contribution in [2.75, 3.05) is 10.8 Å². The maximum Gasteiger partial charge on any atom is 0.389 e. The van der Waals surface area contributed by atoms with E-state index in [2.05, 4.69) is 4.98 Å². The molecule has 0 radical (unpaired) electrons. The number of sulfonamides is 1. The summed E-state index contributed by atoms with van der Waals surface area (Å²) in [6, 6.07) is 16.6. The molecule has 0 spiro atoms. The van der Waals surface area contributed by atoms with Gasteiger partial charge in [-0.25, -0.2) is 8.42 Å². The fraction of sp³-hybridized carbons (Fsp3) is 0.208. The lowest BCUT2D eigenvalue weighted by atomic mass is 10.2. The number of fused-ring (bicyclic) bond motifs is 1. The minimum atomic E-state index is -4.36. The number of ether oxygens (including phenoxy) is 1. The lowest BCUT2D eigenvalue weighted by Crippen LogP contribution is -2.32. The molecule has 0 aliphatic carbocycles. The number of nitrogens with zero attached hydrogens (tertiary/aromatic N) is 2. The van der Waals surface area contributed by atoms with E-state index in [9.17, 15) is 21.6 Å². The third-order valence-corrected chi connectivity index (χ3v) is 8.39. The van der Waals surface area contributed by atoms with Gasteiger partial charge in [0.15, 0.2) is 0 Å². The van der Waals surface area contributed by atoms with Crippen LogP contribution in [-0.2, 0) is 10.0 Å². The molecule has 2 heterocycles. The fourth-order valence-corrected chi connectivity index (χ4v) is 6.51. The van der Waals surface area contributed by atoms with Crippen LogP contribution in [0.4, 0.5) is 18.2 Å². The molecule has 10 heteroatoms. The Morgan fingerprint density at radius 3 is 2.26 bits per heavy atom. The number of hydrogen-bond donors (Lipinski definition) is 0. The Morgan fingerprint density at radius 1 is 0.971 bits per heavy atom. The molecular weight excluding hydrogens is 485 g/mol. The van der Waals surface area contributed by atoms with Crippen LogP contribution in [0.15, 0.2) is 78.0 Å². The third-order valence-electron chi connectivity index (χ3n) is 5.16. The molecule has 0 N–H and O–H groups in total. The lowest BCUT2D eigenvalue weighted by molar-refractivity contribution is -0.134. The van der Waals surface area contributed by atoms with Gasteiger partial charge in [-0.05, 0) is 66.8 Å². The van der Waals surface area contributed by atoms with Crippen molar-refractivity contribution < 1.29 is 26.3 Å². The zero-order valence-electron chi connectivity index (χ0n) is 18.1. The summed E-state index contributed by atoms with van der Waals surface area (Å²) in [5.74, 6) is 0.965. The normalized spacial score (nSPS) is 12.1. The van der Waals surface area contributed by atoms with Crippen LogP contribution in [0.3, 0.4) is 0 Å². The SMILES string of the molecule is Cc1c(N(CCCC(F)(F)F)S(=O)(=O)c2ccc(Oc3ccncc3)cc2)sc2ccccc12. The molecule has 0 saturated heterocycles. The van der Waals surface area contributed by atoms with Crippen LogP contribution < -0.4 is 9.04 Å². The van der Waals surface area contributed by atoms with E-state index in [-0.39, 0.29) is 17.9 Å². The molecular formula is C24H21F3N2O3S2. The second-order valence-corrected chi connectivity index (χ2v) is 10.5. The molecule has 0 saturated carbocycles. The van der Waals surface area contributed by atoms with Gasteiger partial charge in [0.1, 0.15) is 16.5 Å². The Labute approximate surface area is 199 Å². The largest absolute Gasteiger partial charge is 0.457 e. The van der Waals surface area contributed by atoms with E-state index < -0.39 is 22.6 Å². The number of aryl methyl sites for hydroxylation is 1. The predicted octanol–water partition coefficient (Wildman–Crippen LogP) is 6.93. The molecule has 0 unspecified atom stereocenters. The zero-order valence-corrected chi connectivity index (χ0v) is 19.8. The van der Waals surface area contributed by atoms with Crippen LogP contribution in [0.2, 0.25) is 0 Å². The number of benzene rings is 2. The third kappa shape index (κ3) is 5.34. The van der Waals surface area contributed by atoms with Crippen molar-refractivity contribution in [1.82, 2.24) is 4.98 Å². The maximum absolute atomic E-state index is 13.6. The number of halogens is 3. The highest BCUT2D eigenvalue weighted by atomic mass is 32.2. The number of alkyl halides is 3. The van der Waals surface area contributed by atoms with Crippen molar-refractivity contribution in [3.8, 4) is 11.5 Å². The van der Waals surface area contributed by atoms with Gasteiger partial charge in [-0.15, -0.1) is 11.3 Å². The van der Waals surface area contributed by atoms with Crippen LogP contribution >= 0.6 is 11.3 Å². The first-order valence-electron chi connectivity index (χ1n) is 10.4. The molecule has 0 atom stereocenters. The molecule has 0 amide bonds. The standard InChI is InChI=1S/C24H21F3N2O3S2/c1-17-21-5-2-3-6-22(21)33-23(17)29(16-4-13-24(25,26)27)34(30,31)20-9-7-18(8-10-20)32-19-11-14-28-15-12-19/h2-3,5-12,14-15H,4,13,16H2,1H3. The van der Waals surface area contributed by atoms with Gasteiger partial charge in [0.05, 0.1) is 4.90 Å². The highest BCUT2D eigenvalue weighted by molar-refractivity contribution is 7.93. The van der Waals surface area contributed by atoms with Gasteiger partial charge in [-0.2, -0.15) is 13.2 Å². The van der Waals surface area contributed by atoms with Gasteiger partial charge in [0.25, 0.3) is 10.0 Å². The summed E-state index contributed by atoms with van der Waals surface area (Å²) in [4.78, 5) is 3.88. The van der Waals surface area contributed by atoms with Crippen LogP contribution in [0.5, 0.6) is 11.5 Å². The smallest absolute Gasteiger partial charge is 0.389 e. The first-order chi connectivity index (χ1) is 16.1. The number of rotatable bonds is 8. The lowest BCUT2D eigenvalue weighted by Gasteiger charge is -2.24. The van der Waals surface area contributed by atoms with Crippen molar-refractivity contribution >= 4 is 36.4 Å². The molecule has 2 aromatic carbocycles. The van der Waals surface area contributed by atoms with E-state index in [0.29, 0.717) is 22.1 Å². The summed E-state index contributed by atoms with van der Waals surface area (Å²) in [5, 5.41) is 1.29. The van der Waals surface area contributed by atoms with Crippen LogP contribution in [-0.4, -0.2) is 26.1 Å². The molecule has 34 heavy (non-hydrogen) atoms. The Hall–Kier alpha value is -3.11. The van der Waals surface area contributed by atoms with Crippen molar-refractivity contribution in [1.29, 1.82) is 0 Å². The zero-order chi connectivity index (χ0) is 24.3. The molecule has 0 bridgehead atoms. The van der Waals surface area contributed by atoms with E-state index in [4.69, 9.17) is 4.74 Å². The number of anilines is 1. The molecule has 0 aliphatic heterocycles. The fourth-order valence-electron chi connectivity index (χ4n) is 3.50. The van der Waals surface area contributed by atoms with Gasteiger partial charge < -0.3 is 4.74 Å². The summed E-state index contributed by atoms with van der Waals surface area (Å²) >= 11 is 1.25. The molecule has 4 aromatic rings. The van der Waals surface area contributed by atoms with E-state index in [0.717, 1.165) is 14.4 Å². The average Bonchev–Trinajstić information content (AvgIpc) is 3.13. The summed E-state index contributed by atoms with van der Waals surface area (Å²) in [7, 11) is -4.12. The van der Waals surface area contributed by atoms with Crippen LogP contribution in [0.1, 0.15) is 18.4 Å². The van der Waals surface area contributed by atoms with E-state index in [1.165, 1.54) is 35.6 Å². The second-order valence-electron chi connectivity index (χ2n) is 7.58. The maximum atomic E-state index is 13.6. The van der Waals surface area contributed by atoms with Gasteiger partial charge in [0, 0.05) is 30.1 Å². The van der Waals surface area contributed by atoms with Gasteiger partial charge >= 0.3 is 6.18 Å². The van der Waals surface area contributed by atoms with Gasteiger partial charge in [-0.3, -0.25) is 9.29 Å². The van der Waals surface area contributed by atoms with E-state index >= 15 is 0 Å². The number of aromatic nitrogens is 1. The van der Waals surface area contributed by atoms with Gasteiger partial charge in [-0.1, -0.05) is 18.2 Å². The van der Waals surface area contributed by atoms with Gasteiger partial charge in [0.2, 0.25) is 0 Å². The molecule has 2 aromatic heterocycles. The highest BCUT2D eigenvalue weighted by Crippen LogP contribution is 2.40. The molecule has 0 aliphatic rings. The predicted molar refractivity (Wildman–Crippen MR) is 127 cm³/mol. The molecule has 5 nitrogen and oxygen atoms in total. The Morgan fingerprint density at radius 2 is 1.62 bits per heavy atom. The Balaban J connectivity index is 1.67. The number of thiophene rings is 1. The first kappa shape index (κ1) is 24.0. The quantitative estimate of drug-likeness (QED) is 0.260. The molecule has 0 fully saturated rings. The Bertz CT molecular complexity index is 1370. The topological polar surface area (TPSA) is 59.5 Å². The molecule has 178 valence electrons. The van der Waals surface area contributed by atoms with Crippen LogP contribution in [0.25, 0.3) is 10.1 Å². The highest BCUT2D eigenvalue weighted by Gasteiger charge is 2.31. The second kappa shape index (κ2) is 9.63. The van der Waals surface area contributed by atoms with E-state index in [1.54, 1.807) is 31.5 Å². The van der Waals surface area contributed by atoms with E-state index in [1.807, 2.05) is 24.3 Å². The van der Waals surface area contributed by atoms with Crippen molar-refractivity contribution in [2.24, 2.45) is 0 Å². The Kier molecular flexibility index (Phi) is 6.81. The minimum absolute atomic E-state index is 0.0292. The summed E-state index contributed by atoms with van der Waals surface area (Å²) in [5.41, 5.74) is 0.717. The van der Waals surface area contributed by atoms with Crippen LogP contribution in [0, 0.1) is 6.92 Å². The van der Waals surface area contributed by atoms with Crippen molar-refractivity contribution in [3.05, 3.63) is 78.6 Å². The first-order valence-corrected chi connectivity index (χ1v) is 12.7. The van der Waals surface area contributed by atoms with Crippen molar-refractivity contribution in [2.45, 2.75) is 30.8 Å². The average molecular weight is 507 g/mol. The summed E-state index contributed by atoms with van der Waals surface area (Å²) in [6.07, 6.45) is -2.64. The summed E-state index contributed by atoms with van der Waals surface area (Å²) < 4.78 is 73.3. The number of pyridine rings is 1. The monoisotopic (exact) mass is 506 g/mol.